The minimum atomic E-state index is -3.46. The number of likely N-dealkylation sites (tertiary alicyclic amines) is 1. The van der Waals surface area contributed by atoms with Gasteiger partial charge in [0.2, 0.25) is 10.0 Å². The third-order valence-corrected chi connectivity index (χ3v) is 7.17. The first kappa shape index (κ1) is 17.4. The molecule has 1 aromatic heterocycles. The summed E-state index contributed by atoms with van der Waals surface area (Å²) in [4.78, 5) is 3.50. The van der Waals surface area contributed by atoms with Crippen molar-refractivity contribution in [3.05, 3.63) is 14.7 Å². The van der Waals surface area contributed by atoms with E-state index in [1.54, 1.807) is 6.07 Å². The molecular formula is C13H22BrN3O2S2. The van der Waals surface area contributed by atoms with Crippen LogP contribution in [0.5, 0.6) is 0 Å². The molecule has 0 aromatic carbocycles. The molecule has 1 aliphatic rings. The van der Waals surface area contributed by atoms with Crippen molar-refractivity contribution >= 4 is 37.3 Å². The lowest BCUT2D eigenvalue weighted by Gasteiger charge is -2.12. The van der Waals surface area contributed by atoms with Gasteiger partial charge in [0.05, 0.1) is 3.79 Å². The Bertz CT molecular complexity index is 586. The van der Waals surface area contributed by atoms with Crippen LogP contribution in [0, 0.1) is 0 Å². The third-order valence-electron chi connectivity index (χ3n) is 3.39. The average Bonchev–Trinajstić information content (AvgIpc) is 2.93. The molecule has 1 aliphatic heterocycles. The van der Waals surface area contributed by atoms with Crippen molar-refractivity contribution in [3.8, 4) is 0 Å². The first-order valence-electron chi connectivity index (χ1n) is 7.00. The normalized spacial score (nSPS) is 20.5. The predicted octanol–water partition coefficient (Wildman–Crippen LogP) is 1.99. The van der Waals surface area contributed by atoms with Gasteiger partial charge >= 0.3 is 0 Å². The van der Waals surface area contributed by atoms with Crippen LogP contribution in [0.2, 0.25) is 0 Å². The standard InChI is InChI=1S/C13H22BrN3O2S2/c1-9(2)15-7-11-6-12(13(14)20-11)21(18,19)16-10-4-5-17(3)8-10/h6,9-10,15-16H,4-5,7-8H2,1-3H3. The molecule has 2 heterocycles. The highest BCUT2D eigenvalue weighted by Gasteiger charge is 2.27. The van der Waals surface area contributed by atoms with Crippen LogP contribution in [-0.4, -0.2) is 45.5 Å². The molecule has 0 aliphatic carbocycles. The van der Waals surface area contributed by atoms with E-state index in [1.807, 2.05) is 7.05 Å². The Balaban J connectivity index is 2.08. The first-order chi connectivity index (χ1) is 9.78. The summed E-state index contributed by atoms with van der Waals surface area (Å²) in [7, 11) is -1.45. The average molecular weight is 396 g/mol. The van der Waals surface area contributed by atoms with Crippen LogP contribution in [0.3, 0.4) is 0 Å². The molecule has 1 unspecified atom stereocenters. The van der Waals surface area contributed by atoms with E-state index in [1.165, 1.54) is 11.3 Å². The molecule has 0 bridgehead atoms. The number of rotatable bonds is 6. The number of nitrogens with zero attached hydrogens (tertiary/aromatic N) is 1. The van der Waals surface area contributed by atoms with E-state index in [0.29, 0.717) is 21.3 Å². The minimum absolute atomic E-state index is 0.00374. The van der Waals surface area contributed by atoms with Crippen LogP contribution in [0.25, 0.3) is 0 Å². The number of thiophene rings is 1. The Morgan fingerprint density at radius 3 is 2.81 bits per heavy atom. The van der Waals surface area contributed by atoms with Gasteiger partial charge in [-0.25, -0.2) is 13.1 Å². The van der Waals surface area contributed by atoms with Crippen molar-refractivity contribution in [3.63, 3.8) is 0 Å². The van der Waals surface area contributed by atoms with Gasteiger partial charge in [-0.2, -0.15) is 0 Å². The second kappa shape index (κ2) is 7.06. The summed E-state index contributed by atoms with van der Waals surface area (Å²) in [5.74, 6) is 0. The van der Waals surface area contributed by atoms with Crippen molar-refractivity contribution in [1.29, 1.82) is 0 Å². The molecular weight excluding hydrogens is 374 g/mol. The summed E-state index contributed by atoms with van der Waals surface area (Å²) < 4.78 is 28.5. The highest BCUT2D eigenvalue weighted by atomic mass is 79.9. The van der Waals surface area contributed by atoms with Gasteiger partial charge in [-0.05, 0) is 42.0 Å². The number of halogens is 1. The number of sulfonamides is 1. The van der Waals surface area contributed by atoms with Gasteiger partial charge in [-0.3, -0.25) is 0 Å². The predicted molar refractivity (Wildman–Crippen MR) is 90.2 cm³/mol. The van der Waals surface area contributed by atoms with E-state index in [9.17, 15) is 8.42 Å². The number of hydrogen-bond donors (Lipinski definition) is 2. The molecule has 0 radical (unpaired) electrons. The molecule has 5 nitrogen and oxygen atoms in total. The Morgan fingerprint density at radius 2 is 2.24 bits per heavy atom. The van der Waals surface area contributed by atoms with Crippen molar-refractivity contribution in [2.24, 2.45) is 0 Å². The zero-order valence-corrected chi connectivity index (χ0v) is 15.7. The molecule has 120 valence electrons. The molecule has 1 aromatic rings. The van der Waals surface area contributed by atoms with Gasteiger partial charge in [0, 0.05) is 30.1 Å². The van der Waals surface area contributed by atoms with Crippen LogP contribution >= 0.6 is 27.3 Å². The lowest BCUT2D eigenvalue weighted by Crippen LogP contribution is -2.36. The second-order valence-electron chi connectivity index (χ2n) is 5.76. The monoisotopic (exact) mass is 395 g/mol. The minimum Gasteiger partial charge on any atom is -0.310 e. The molecule has 0 spiro atoms. The zero-order chi connectivity index (χ0) is 15.6. The van der Waals surface area contributed by atoms with Crippen LogP contribution in [0.15, 0.2) is 14.7 Å². The zero-order valence-electron chi connectivity index (χ0n) is 12.5. The summed E-state index contributed by atoms with van der Waals surface area (Å²) in [6.07, 6.45) is 0.860. The number of nitrogens with one attached hydrogen (secondary N) is 2. The Hall–Kier alpha value is 0.01000. The maximum atomic E-state index is 12.5. The van der Waals surface area contributed by atoms with Crippen LogP contribution < -0.4 is 10.0 Å². The van der Waals surface area contributed by atoms with Crippen molar-refractivity contribution in [2.45, 2.75) is 43.8 Å². The molecule has 21 heavy (non-hydrogen) atoms. The maximum absolute atomic E-state index is 12.5. The van der Waals surface area contributed by atoms with Gasteiger partial charge in [0.15, 0.2) is 0 Å². The largest absolute Gasteiger partial charge is 0.310 e. The summed E-state index contributed by atoms with van der Waals surface area (Å²) >= 11 is 4.85. The van der Waals surface area contributed by atoms with Crippen molar-refractivity contribution < 1.29 is 8.42 Å². The number of hydrogen-bond acceptors (Lipinski definition) is 5. The van der Waals surface area contributed by atoms with Gasteiger partial charge in [0.1, 0.15) is 4.90 Å². The van der Waals surface area contributed by atoms with Crippen molar-refractivity contribution in [1.82, 2.24) is 14.9 Å². The molecule has 0 saturated carbocycles. The Kier molecular flexibility index (Phi) is 5.84. The smallest absolute Gasteiger partial charge is 0.242 e. The highest BCUT2D eigenvalue weighted by Crippen LogP contribution is 2.32. The quantitative estimate of drug-likeness (QED) is 0.772. The molecule has 1 fully saturated rings. The third kappa shape index (κ3) is 4.74. The fourth-order valence-electron chi connectivity index (χ4n) is 2.29. The fourth-order valence-corrected chi connectivity index (χ4v) is 6.18. The molecule has 2 N–H and O–H groups in total. The van der Waals surface area contributed by atoms with Crippen LogP contribution in [0.1, 0.15) is 25.1 Å². The van der Waals surface area contributed by atoms with Gasteiger partial charge < -0.3 is 10.2 Å². The SMILES string of the molecule is CC(C)NCc1cc(S(=O)(=O)NC2CCN(C)C2)c(Br)s1. The highest BCUT2D eigenvalue weighted by molar-refractivity contribution is 9.11. The first-order valence-corrected chi connectivity index (χ1v) is 10.1. The molecule has 1 saturated heterocycles. The maximum Gasteiger partial charge on any atom is 0.242 e. The summed E-state index contributed by atoms with van der Waals surface area (Å²) in [6.45, 7) is 6.52. The molecule has 8 heteroatoms. The topological polar surface area (TPSA) is 61.4 Å². The molecule has 0 amide bonds. The number of likely N-dealkylation sites (N-methyl/N-ethyl adjacent to an activating group) is 1. The van der Waals surface area contributed by atoms with Gasteiger partial charge in [-0.15, -0.1) is 11.3 Å². The van der Waals surface area contributed by atoms with Gasteiger partial charge in [0.25, 0.3) is 0 Å². The Labute approximate surface area is 139 Å². The summed E-state index contributed by atoms with van der Waals surface area (Å²) in [5, 5.41) is 3.30. The van der Waals surface area contributed by atoms with Gasteiger partial charge in [-0.1, -0.05) is 13.8 Å². The molecule has 2 rings (SSSR count). The van der Waals surface area contributed by atoms with E-state index < -0.39 is 10.0 Å². The van der Waals surface area contributed by atoms with E-state index in [2.05, 4.69) is 44.7 Å². The van der Waals surface area contributed by atoms with E-state index >= 15 is 0 Å². The van der Waals surface area contributed by atoms with E-state index in [0.717, 1.165) is 24.4 Å². The van der Waals surface area contributed by atoms with Crippen molar-refractivity contribution in [2.75, 3.05) is 20.1 Å². The van der Waals surface area contributed by atoms with E-state index in [-0.39, 0.29) is 6.04 Å². The van der Waals surface area contributed by atoms with Crippen LogP contribution in [-0.2, 0) is 16.6 Å². The molecule has 1 atom stereocenters. The fraction of sp³-hybridized carbons (Fsp3) is 0.692. The summed E-state index contributed by atoms with van der Waals surface area (Å²) in [6, 6.07) is 2.13. The van der Waals surface area contributed by atoms with Crippen LogP contribution in [0.4, 0.5) is 0 Å². The van der Waals surface area contributed by atoms with E-state index in [4.69, 9.17) is 0 Å². The Morgan fingerprint density at radius 1 is 1.52 bits per heavy atom. The summed E-state index contributed by atoms with van der Waals surface area (Å²) in [5.41, 5.74) is 0. The lowest BCUT2D eigenvalue weighted by atomic mass is 10.3. The second-order valence-corrected chi connectivity index (χ2v) is 9.89. The lowest BCUT2D eigenvalue weighted by molar-refractivity contribution is 0.407.